The van der Waals surface area contributed by atoms with Gasteiger partial charge in [0.05, 0.1) is 5.69 Å². The number of nitrogens with two attached hydrogens (primary N) is 1. The first-order valence-corrected chi connectivity index (χ1v) is 6.99. The molecule has 0 bridgehead atoms. The van der Waals surface area contributed by atoms with Gasteiger partial charge >= 0.3 is 0 Å². The van der Waals surface area contributed by atoms with Crippen LogP contribution in [-0.2, 0) is 6.54 Å². The Morgan fingerprint density at radius 1 is 0.870 bits per heavy atom. The molecule has 0 radical (unpaired) electrons. The molecule has 4 nitrogen and oxygen atoms in total. The van der Waals surface area contributed by atoms with E-state index in [9.17, 15) is 8.78 Å². The SMILES string of the molecule is Nc1nc(NCc2ccc(F)cc2)cc(-c2ccc(F)cc2)n1. The highest BCUT2D eigenvalue weighted by atomic mass is 19.1. The predicted molar refractivity (Wildman–Crippen MR) is 85.6 cm³/mol. The van der Waals surface area contributed by atoms with Crippen LogP contribution in [0.1, 0.15) is 5.56 Å². The van der Waals surface area contributed by atoms with Crippen molar-refractivity contribution in [1.82, 2.24) is 9.97 Å². The fourth-order valence-corrected chi connectivity index (χ4v) is 2.12. The largest absolute Gasteiger partial charge is 0.368 e. The van der Waals surface area contributed by atoms with E-state index in [-0.39, 0.29) is 17.6 Å². The Balaban J connectivity index is 1.80. The molecule has 6 heteroatoms. The fourth-order valence-electron chi connectivity index (χ4n) is 2.12. The molecule has 0 amide bonds. The average Bonchev–Trinajstić information content (AvgIpc) is 2.54. The zero-order valence-corrected chi connectivity index (χ0v) is 12.1. The summed E-state index contributed by atoms with van der Waals surface area (Å²) < 4.78 is 25.9. The lowest BCUT2D eigenvalue weighted by Crippen LogP contribution is -2.05. The van der Waals surface area contributed by atoms with Crippen LogP contribution in [0, 0.1) is 11.6 Å². The Labute approximate surface area is 132 Å². The quantitative estimate of drug-likeness (QED) is 0.772. The summed E-state index contributed by atoms with van der Waals surface area (Å²) in [7, 11) is 0. The normalized spacial score (nSPS) is 10.5. The van der Waals surface area contributed by atoms with Gasteiger partial charge in [-0.15, -0.1) is 0 Å². The number of aromatic nitrogens is 2. The Morgan fingerprint density at radius 3 is 2.13 bits per heavy atom. The van der Waals surface area contributed by atoms with E-state index in [1.807, 2.05) is 0 Å². The number of anilines is 2. The summed E-state index contributed by atoms with van der Waals surface area (Å²) in [6, 6.07) is 13.9. The van der Waals surface area contributed by atoms with Gasteiger partial charge in [-0.25, -0.2) is 13.8 Å². The number of nitrogens with one attached hydrogen (secondary N) is 1. The van der Waals surface area contributed by atoms with E-state index in [0.717, 1.165) is 11.1 Å². The van der Waals surface area contributed by atoms with Gasteiger partial charge in [0.1, 0.15) is 17.5 Å². The van der Waals surface area contributed by atoms with E-state index >= 15 is 0 Å². The number of nitrogens with zero attached hydrogens (tertiary/aromatic N) is 2. The van der Waals surface area contributed by atoms with Crippen LogP contribution in [0.15, 0.2) is 54.6 Å². The number of hydrogen-bond acceptors (Lipinski definition) is 4. The molecule has 0 unspecified atom stereocenters. The second-order valence-electron chi connectivity index (χ2n) is 4.98. The molecular formula is C17H14F2N4. The minimum atomic E-state index is -0.314. The van der Waals surface area contributed by atoms with Crippen LogP contribution in [-0.4, -0.2) is 9.97 Å². The Bertz CT molecular complexity index is 802. The van der Waals surface area contributed by atoms with Gasteiger partial charge in [0.2, 0.25) is 5.95 Å². The topological polar surface area (TPSA) is 63.8 Å². The molecule has 2 aromatic carbocycles. The highest BCUT2D eigenvalue weighted by molar-refractivity contribution is 5.64. The van der Waals surface area contributed by atoms with E-state index in [0.29, 0.717) is 18.1 Å². The fraction of sp³-hybridized carbons (Fsp3) is 0.0588. The van der Waals surface area contributed by atoms with Crippen molar-refractivity contribution in [2.45, 2.75) is 6.54 Å². The van der Waals surface area contributed by atoms with Crippen molar-refractivity contribution in [3.05, 3.63) is 71.8 Å². The molecule has 0 saturated carbocycles. The summed E-state index contributed by atoms with van der Waals surface area (Å²) in [5.41, 5.74) is 7.98. The second-order valence-corrected chi connectivity index (χ2v) is 4.98. The van der Waals surface area contributed by atoms with E-state index in [1.165, 1.54) is 24.3 Å². The first kappa shape index (κ1) is 14.9. The standard InChI is InChI=1S/C17H14F2N4/c18-13-5-1-11(2-6-13)10-21-16-9-15(22-17(20)23-16)12-3-7-14(19)8-4-12/h1-9H,10H2,(H3,20,21,22,23). The molecule has 3 aromatic rings. The summed E-state index contributed by atoms with van der Waals surface area (Å²) in [5.74, 6) is 0.0682. The highest BCUT2D eigenvalue weighted by Gasteiger charge is 2.05. The van der Waals surface area contributed by atoms with E-state index in [1.54, 1.807) is 30.3 Å². The minimum absolute atomic E-state index is 0.119. The first-order valence-electron chi connectivity index (χ1n) is 6.99. The number of hydrogen-bond donors (Lipinski definition) is 2. The van der Waals surface area contributed by atoms with Gasteiger partial charge in [-0.1, -0.05) is 12.1 Å². The van der Waals surface area contributed by atoms with Gasteiger partial charge < -0.3 is 11.1 Å². The number of halogens is 2. The molecular weight excluding hydrogens is 298 g/mol. The molecule has 1 heterocycles. The minimum Gasteiger partial charge on any atom is -0.368 e. The van der Waals surface area contributed by atoms with Crippen LogP contribution in [0.25, 0.3) is 11.3 Å². The lowest BCUT2D eigenvalue weighted by atomic mass is 10.1. The van der Waals surface area contributed by atoms with Crippen LogP contribution >= 0.6 is 0 Å². The van der Waals surface area contributed by atoms with Gasteiger partial charge in [0, 0.05) is 18.2 Å². The number of nitrogen functional groups attached to an aromatic ring is 1. The molecule has 116 valence electrons. The zero-order chi connectivity index (χ0) is 16.2. The molecule has 3 N–H and O–H groups in total. The van der Waals surface area contributed by atoms with Crippen molar-refractivity contribution in [1.29, 1.82) is 0 Å². The van der Waals surface area contributed by atoms with Crippen molar-refractivity contribution in [3.63, 3.8) is 0 Å². The molecule has 0 fully saturated rings. The lowest BCUT2D eigenvalue weighted by Gasteiger charge is -2.09. The summed E-state index contributed by atoms with van der Waals surface area (Å²) in [6.07, 6.45) is 0. The van der Waals surface area contributed by atoms with Crippen molar-refractivity contribution in [2.24, 2.45) is 0 Å². The summed E-state index contributed by atoms with van der Waals surface area (Å²) in [6.45, 7) is 0.472. The highest BCUT2D eigenvalue weighted by Crippen LogP contribution is 2.21. The molecule has 0 spiro atoms. The maximum atomic E-state index is 13.0. The molecule has 3 rings (SSSR count). The van der Waals surface area contributed by atoms with Crippen LogP contribution in [0.5, 0.6) is 0 Å². The number of rotatable bonds is 4. The van der Waals surface area contributed by atoms with Crippen LogP contribution in [0.4, 0.5) is 20.5 Å². The van der Waals surface area contributed by atoms with Gasteiger partial charge in [-0.2, -0.15) is 4.98 Å². The first-order chi connectivity index (χ1) is 11.1. The van der Waals surface area contributed by atoms with Gasteiger partial charge in [0.15, 0.2) is 0 Å². The Morgan fingerprint density at radius 2 is 1.48 bits per heavy atom. The van der Waals surface area contributed by atoms with Gasteiger partial charge in [0.25, 0.3) is 0 Å². The third-order valence-electron chi connectivity index (χ3n) is 3.27. The Kier molecular flexibility index (Phi) is 4.14. The molecule has 0 aliphatic heterocycles. The average molecular weight is 312 g/mol. The third kappa shape index (κ3) is 3.79. The van der Waals surface area contributed by atoms with Gasteiger partial charge in [-0.05, 0) is 42.0 Å². The Hall–Kier alpha value is -3.02. The van der Waals surface area contributed by atoms with Gasteiger partial charge in [-0.3, -0.25) is 0 Å². The molecule has 0 saturated heterocycles. The molecule has 1 aromatic heterocycles. The van der Waals surface area contributed by atoms with Crippen molar-refractivity contribution >= 4 is 11.8 Å². The monoisotopic (exact) mass is 312 g/mol. The van der Waals surface area contributed by atoms with Crippen LogP contribution < -0.4 is 11.1 Å². The molecule has 0 aliphatic rings. The second kappa shape index (κ2) is 6.39. The maximum absolute atomic E-state index is 13.0. The zero-order valence-electron chi connectivity index (χ0n) is 12.1. The van der Waals surface area contributed by atoms with E-state index in [4.69, 9.17) is 5.73 Å². The summed E-state index contributed by atoms with van der Waals surface area (Å²) >= 11 is 0. The van der Waals surface area contributed by atoms with Crippen molar-refractivity contribution in [3.8, 4) is 11.3 Å². The third-order valence-corrected chi connectivity index (χ3v) is 3.27. The summed E-state index contributed by atoms with van der Waals surface area (Å²) in [5, 5.41) is 3.12. The summed E-state index contributed by atoms with van der Waals surface area (Å²) in [4.78, 5) is 8.27. The van der Waals surface area contributed by atoms with E-state index < -0.39 is 0 Å². The van der Waals surface area contributed by atoms with E-state index in [2.05, 4.69) is 15.3 Å². The van der Waals surface area contributed by atoms with Crippen molar-refractivity contribution < 1.29 is 8.78 Å². The van der Waals surface area contributed by atoms with Crippen molar-refractivity contribution in [2.75, 3.05) is 11.1 Å². The smallest absolute Gasteiger partial charge is 0.222 e. The number of benzene rings is 2. The maximum Gasteiger partial charge on any atom is 0.222 e. The van der Waals surface area contributed by atoms with Crippen LogP contribution in [0.2, 0.25) is 0 Å². The molecule has 0 aliphatic carbocycles. The lowest BCUT2D eigenvalue weighted by molar-refractivity contribution is 0.627. The predicted octanol–water partition coefficient (Wildman–Crippen LogP) is 3.62. The molecule has 0 atom stereocenters. The van der Waals surface area contributed by atoms with Crippen LogP contribution in [0.3, 0.4) is 0 Å². The molecule has 23 heavy (non-hydrogen) atoms.